The Hall–Kier alpha value is -1.89. The van der Waals surface area contributed by atoms with E-state index in [0.29, 0.717) is 13.0 Å². The summed E-state index contributed by atoms with van der Waals surface area (Å²) in [5.41, 5.74) is 4.62. The van der Waals surface area contributed by atoms with Gasteiger partial charge in [0.05, 0.1) is 24.8 Å². The number of likely N-dealkylation sites (tertiary alicyclic amines) is 1. The Labute approximate surface area is 110 Å². The van der Waals surface area contributed by atoms with Crippen molar-refractivity contribution in [3.05, 3.63) is 18.0 Å². The second-order valence-corrected chi connectivity index (χ2v) is 4.74. The summed E-state index contributed by atoms with van der Waals surface area (Å²) in [4.78, 5) is 25.3. The van der Waals surface area contributed by atoms with Gasteiger partial charge in [-0.2, -0.15) is 0 Å². The number of primary amides is 1. The van der Waals surface area contributed by atoms with E-state index in [1.165, 1.54) is 19.4 Å². The van der Waals surface area contributed by atoms with Crippen molar-refractivity contribution in [1.82, 2.24) is 10.1 Å². The molecule has 0 saturated carbocycles. The molecule has 0 radical (unpaired) electrons. The average molecular weight is 267 g/mol. The number of ether oxygens (including phenoxy) is 1. The second kappa shape index (κ2) is 5.40. The molecule has 2 N–H and O–H groups in total. The molecular formula is C12H17N3O4. The van der Waals surface area contributed by atoms with Gasteiger partial charge in [-0.25, -0.2) is 0 Å². The minimum Gasteiger partial charge on any atom is -0.382 e. The quantitative estimate of drug-likeness (QED) is 0.820. The molecule has 1 aromatic heterocycles. The lowest BCUT2D eigenvalue weighted by Gasteiger charge is -2.36. The summed E-state index contributed by atoms with van der Waals surface area (Å²) in [6, 6.07) is 1.50. The summed E-state index contributed by atoms with van der Waals surface area (Å²) >= 11 is 0. The lowest BCUT2D eigenvalue weighted by Crippen LogP contribution is -2.52. The zero-order valence-electron chi connectivity index (χ0n) is 10.8. The van der Waals surface area contributed by atoms with Gasteiger partial charge in [0.1, 0.15) is 0 Å². The largest absolute Gasteiger partial charge is 0.382 e. The van der Waals surface area contributed by atoms with Crippen LogP contribution in [-0.4, -0.2) is 47.7 Å². The van der Waals surface area contributed by atoms with Gasteiger partial charge in [-0.1, -0.05) is 5.16 Å². The highest BCUT2D eigenvalue weighted by Crippen LogP contribution is 2.34. The van der Waals surface area contributed by atoms with E-state index in [1.807, 2.05) is 0 Å². The lowest BCUT2D eigenvalue weighted by atomic mass is 9.92. The Bertz CT molecular complexity index is 460. The Morgan fingerprint density at radius 1 is 1.63 bits per heavy atom. The fourth-order valence-corrected chi connectivity index (χ4v) is 2.69. The average Bonchev–Trinajstić information content (AvgIpc) is 2.97. The summed E-state index contributed by atoms with van der Waals surface area (Å²) in [5, 5.41) is 3.52. The zero-order chi connectivity index (χ0) is 13.9. The Morgan fingerprint density at radius 2 is 2.42 bits per heavy atom. The van der Waals surface area contributed by atoms with E-state index in [4.69, 9.17) is 15.0 Å². The number of hydrogen-bond acceptors (Lipinski definition) is 5. The van der Waals surface area contributed by atoms with E-state index in [1.54, 1.807) is 4.90 Å². The number of amides is 2. The number of carbonyl (C=O) groups is 2. The highest BCUT2D eigenvalue weighted by molar-refractivity contribution is 5.92. The molecule has 1 atom stereocenters. The predicted molar refractivity (Wildman–Crippen MR) is 65.2 cm³/mol. The Balaban J connectivity index is 2.26. The van der Waals surface area contributed by atoms with Crippen LogP contribution in [0.4, 0.5) is 0 Å². The number of nitrogens with zero attached hydrogens (tertiary/aromatic N) is 2. The summed E-state index contributed by atoms with van der Waals surface area (Å²) in [6.45, 7) is 0.825. The molecule has 0 aromatic carbocycles. The van der Waals surface area contributed by atoms with Crippen LogP contribution in [0.15, 0.2) is 16.8 Å². The van der Waals surface area contributed by atoms with Crippen LogP contribution in [0.2, 0.25) is 0 Å². The van der Waals surface area contributed by atoms with E-state index in [9.17, 15) is 9.59 Å². The molecule has 0 spiro atoms. The second-order valence-electron chi connectivity index (χ2n) is 4.74. The molecule has 1 fully saturated rings. The maximum atomic E-state index is 12.4. The molecule has 2 rings (SSSR count). The van der Waals surface area contributed by atoms with Crippen molar-refractivity contribution in [2.45, 2.75) is 24.8 Å². The molecule has 104 valence electrons. The van der Waals surface area contributed by atoms with Crippen molar-refractivity contribution in [3.8, 4) is 0 Å². The Morgan fingerprint density at radius 3 is 3.00 bits per heavy atom. The third kappa shape index (κ3) is 2.60. The van der Waals surface area contributed by atoms with Crippen molar-refractivity contribution >= 4 is 11.8 Å². The first-order valence-corrected chi connectivity index (χ1v) is 6.09. The van der Waals surface area contributed by atoms with E-state index in [2.05, 4.69) is 5.16 Å². The number of carbonyl (C=O) groups excluding carboxylic acids is 2. The van der Waals surface area contributed by atoms with Crippen LogP contribution in [0.1, 0.15) is 29.8 Å². The zero-order valence-corrected chi connectivity index (χ0v) is 10.8. The first-order valence-electron chi connectivity index (χ1n) is 6.09. The van der Waals surface area contributed by atoms with Gasteiger partial charge in [0.2, 0.25) is 11.7 Å². The highest BCUT2D eigenvalue weighted by Gasteiger charge is 2.45. The highest BCUT2D eigenvalue weighted by atomic mass is 16.5. The van der Waals surface area contributed by atoms with E-state index < -0.39 is 11.4 Å². The molecular weight excluding hydrogens is 250 g/mol. The van der Waals surface area contributed by atoms with Crippen molar-refractivity contribution in [2.24, 2.45) is 5.73 Å². The van der Waals surface area contributed by atoms with Gasteiger partial charge in [0.25, 0.3) is 5.91 Å². The van der Waals surface area contributed by atoms with Gasteiger partial charge < -0.3 is 19.9 Å². The number of nitrogens with two attached hydrogens (primary N) is 1. The van der Waals surface area contributed by atoms with Gasteiger partial charge in [0, 0.05) is 19.7 Å². The SMILES string of the molecule is COC[C@]1(CC(N)=O)CCCN1C(=O)c1ccno1. The third-order valence-electron chi connectivity index (χ3n) is 3.41. The van der Waals surface area contributed by atoms with Gasteiger partial charge in [-0.05, 0) is 12.8 Å². The number of methoxy groups -OCH3 is 1. The van der Waals surface area contributed by atoms with Crippen molar-refractivity contribution in [3.63, 3.8) is 0 Å². The van der Waals surface area contributed by atoms with Crippen LogP contribution in [0.5, 0.6) is 0 Å². The van der Waals surface area contributed by atoms with E-state index >= 15 is 0 Å². The predicted octanol–water partition coefficient (Wildman–Crippen LogP) is 0.171. The first-order chi connectivity index (χ1) is 9.09. The standard InChI is InChI=1S/C12H17N3O4/c1-18-8-12(7-10(13)16)4-2-6-15(12)11(17)9-3-5-14-19-9/h3,5H,2,4,6-8H2,1H3,(H2,13,16)/t12-/m1/s1. The van der Waals surface area contributed by atoms with Crippen LogP contribution >= 0.6 is 0 Å². The minimum atomic E-state index is -0.676. The fraction of sp³-hybridized carbons (Fsp3) is 0.583. The fourth-order valence-electron chi connectivity index (χ4n) is 2.69. The maximum absolute atomic E-state index is 12.4. The molecule has 1 aromatic rings. The number of aromatic nitrogens is 1. The summed E-state index contributed by atoms with van der Waals surface area (Å²) in [5.74, 6) is -0.575. The summed E-state index contributed by atoms with van der Waals surface area (Å²) < 4.78 is 10.1. The van der Waals surface area contributed by atoms with Crippen LogP contribution in [0.25, 0.3) is 0 Å². The summed E-state index contributed by atoms with van der Waals surface area (Å²) in [6.07, 6.45) is 2.98. The van der Waals surface area contributed by atoms with Crippen molar-refractivity contribution < 1.29 is 18.8 Å². The van der Waals surface area contributed by atoms with Crippen molar-refractivity contribution in [2.75, 3.05) is 20.3 Å². The molecule has 0 aliphatic carbocycles. The molecule has 0 unspecified atom stereocenters. The normalized spacial score (nSPS) is 22.7. The maximum Gasteiger partial charge on any atom is 0.293 e. The van der Waals surface area contributed by atoms with Crippen LogP contribution in [-0.2, 0) is 9.53 Å². The van der Waals surface area contributed by atoms with Gasteiger partial charge in [-0.15, -0.1) is 0 Å². The molecule has 7 heteroatoms. The molecule has 1 aliphatic heterocycles. The van der Waals surface area contributed by atoms with Crippen molar-refractivity contribution in [1.29, 1.82) is 0 Å². The molecule has 19 heavy (non-hydrogen) atoms. The lowest BCUT2D eigenvalue weighted by molar-refractivity contribution is -0.121. The molecule has 1 saturated heterocycles. The van der Waals surface area contributed by atoms with Crippen LogP contribution in [0.3, 0.4) is 0 Å². The van der Waals surface area contributed by atoms with Crippen LogP contribution in [0, 0.1) is 0 Å². The van der Waals surface area contributed by atoms with Gasteiger partial charge in [0.15, 0.2) is 0 Å². The Kier molecular flexibility index (Phi) is 3.84. The monoisotopic (exact) mass is 267 g/mol. The smallest absolute Gasteiger partial charge is 0.293 e. The molecule has 7 nitrogen and oxygen atoms in total. The molecule has 0 bridgehead atoms. The molecule has 2 heterocycles. The van der Waals surface area contributed by atoms with E-state index in [0.717, 1.165) is 6.42 Å². The van der Waals surface area contributed by atoms with Crippen LogP contribution < -0.4 is 5.73 Å². The van der Waals surface area contributed by atoms with Gasteiger partial charge in [-0.3, -0.25) is 9.59 Å². The third-order valence-corrected chi connectivity index (χ3v) is 3.41. The molecule has 1 aliphatic rings. The number of rotatable bonds is 5. The number of hydrogen-bond donors (Lipinski definition) is 1. The summed E-state index contributed by atoms with van der Waals surface area (Å²) in [7, 11) is 1.54. The topological polar surface area (TPSA) is 98.7 Å². The molecule has 2 amide bonds. The van der Waals surface area contributed by atoms with E-state index in [-0.39, 0.29) is 24.7 Å². The van der Waals surface area contributed by atoms with Gasteiger partial charge >= 0.3 is 0 Å². The minimum absolute atomic E-state index is 0.0840. The first kappa shape index (κ1) is 13.5.